The Hall–Kier alpha value is -1.16. The number of nitrogens with two attached hydrogens (primary N) is 1. The van der Waals surface area contributed by atoms with Gasteiger partial charge in [-0.3, -0.25) is 0 Å². The Morgan fingerprint density at radius 3 is 2.59 bits per heavy atom. The normalized spacial score (nSPS) is 12.5. The van der Waals surface area contributed by atoms with Gasteiger partial charge in [-0.05, 0) is 38.3 Å². The van der Waals surface area contributed by atoms with E-state index in [-0.39, 0.29) is 6.10 Å². The molecule has 1 aromatic heterocycles. The van der Waals surface area contributed by atoms with Gasteiger partial charge in [0, 0.05) is 5.69 Å². The minimum absolute atomic E-state index is 0.109. The summed E-state index contributed by atoms with van der Waals surface area (Å²) in [5.74, 6) is 1.13. The fraction of sp³-hybridized carbons (Fsp3) is 0.538. The van der Waals surface area contributed by atoms with Crippen LogP contribution in [0.3, 0.4) is 0 Å². The molecule has 0 radical (unpaired) electrons. The van der Waals surface area contributed by atoms with Gasteiger partial charge in [-0.15, -0.1) is 0 Å². The Labute approximate surface area is 108 Å². The first-order chi connectivity index (χ1) is 7.90. The minimum atomic E-state index is 0.109. The van der Waals surface area contributed by atoms with Gasteiger partial charge >= 0.3 is 0 Å². The summed E-state index contributed by atoms with van der Waals surface area (Å²) in [6, 6.07) is 3.75. The molecule has 4 heteroatoms. The molecule has 3 nitrogen and oxygen atoms in total. The first-order valence-electron chi connectivity index (χ1n) is 5.84. The number of aryl methyl sites for hydroxylation is 1. The van der Waals surface area contributed by atoms with E-state index in [0.29, 0.717) is 22.3 Å². The maximum Gasteiger partial charge on any atom is 0.224 e. The average Bonchev–Trinajstić information content (AvgIpc) is 2.15. The molecule has 1 atom stereocenters. The van der Waals surface area contributed by atoms with Gasteiger partial charge in [-0.25, -0.2) is 4.98 Å². The van der Waals surface area contributed by atoms with Gasteiger partial charge in [0.1, 0.15) is 4.99 Å². The van der Waals surface area contributed by atoms with Crippen molar-refractivity contribution in [3.63, 3.8) is 0 Å². The number of aromatic nitrogens is 1. The molecule has 17 heavy (non-hydrogen) atoms. The molecule has 1 unspecified atom stereocenters. The molecule has 0 aliphatic heterocycles. The molecule has 0 aromatic carbocycles. The van der Waals surface area contributed by atoms with Gasteiger partial charge in [0.15, 0.2) is 0 Å². The first kappa shape index (κ1) is 13.9. The summed E-state index contributed by atoms with van der Waals surface area (Å²) in [7, 11) is 0. The molecule has 1 heterocycles. The van der Waals surface area contributed by atoms with E-state index in [1.165, 1.54) is 0 Å². The molecule has 0 spiro atoms. The molecule has 94 valence electrons. The van der Waals surface area contributed by atoms with Gasteiger partial charge in [0.25, 0.3) is 0 Å². The van der Waals surface area contributed by atoms with Crippen LogP contribution < -0.4 is 10.5 Å². The highest BCUT2D eigenvalue weighted by Crippen LogP contribution is 2.19. The maximum atomic E-state index is 5.82. The Morgan fingerprint density at radius 2 is 2.06 bits per heavy atom. The lowest BCUT2D eigenvalue weighted by molar-refractivity contribution is 0.185. The third-order valence-corrected chi connectivity index (χ3v) is 2.60. The first-order valence-corrected chi connectivity index (χ1v) is 6.25. The van der Waals surface area contributed by atoms with E-state index >= 15 is 0 Å². The van der Waals surface area contributed by atoms with Crippen LogP contribution in [0, 0.1) is 12.8 Å². The second-order valence-electron chi connectivity index (χ2n) is 4.73. The number of pyridine rings is 1. The number of thiocarbonyl (C=S) groups is 1. The van der Waals surface area contributed by atoms with E-state index in [1.54, 1.807) is 0 Å². The molecular weight excluding hydrogens is 232 g/mol. The lowest BCUT2D eigenvalue weighted by atomic mass is 10.1. The van der Waals surface area contributed by atoms with Crippen molar-refractivity contribution in [3.8, 4) is 5.88 Å². The zero-order valence-corrected chi connectivity index (χ0v) is 11.7. The Morgan fingerprint density at radius 1 is 1.41 bits per heavy atom. The molecule has 0 bridgehead atoms. The van der Waals surface area contributed by atoms with E-state index in [1.807, 2.05) is 26.0 Å². The number of nitrogens with zero attached hydrogens (tertiary/aromatic N) is 1. The quantitative estimate of drug-likeness (QED) is 0.819. The molecule has 0 fully saturated rings. The van der Waals surface area contributed by atoms with E-state index in [9.17, 15) is 0 Å². The van der Waals surface area contributed by atoms with Crippen molar-refractivity contribution in [2.75, 3.05) is 0 Å². The molecule has 0 saturated carbocycles. The molecule has 0 aliphatic carbocycles. The van der Waals surface area contributed by atoms with E-state index in [4.69, 9.17) is 22.7 Å². The van der Waals surface area contributed by atoms with Crippen molar-refractivity contribution in [2.24, 2.45) is 11.7 Å². The predicted molar refractivity (Wildman–Crippen MR) is 74.4 cm³/mol. The van der Waals surface area contributed by atoms with Gasteiger partial charge in [-0.2, -0.15) is 0 Å². The molecule has 0 saturated heterocycles. The van der Waals surface area contributed by atoms with Crippen molar-refractivity contribution < 1.29 is 4.74 Å². The fourth-order valence-corrected chi connectivity index (χ4v) is 1.87. The number of ether oxygens (including phenoxy) is 1. The zero-order valence-electron chi connectivity index (χ0n) is 10.9. The van der Waals surface area contributed by atoms with Crippen molar-refractivity contribution in [1.82, 2.24) is 4.98 Å². The second kappa shape index (κ2) is 5.96. The van der Waals surface area contributed by atoms with Crippen molar-refractivity contribution in [1.29, 1.82) is 0 Å². The predicted octanol–water partition coefficient (Wildman–Crippen LogP) is 2.84. The van der Waals surface area contributed by atoms with E-state index in [0.717, 1.165) is 12.1 Å². The average molecular weight is 252 g/mol. The Bertz CT molecular complexity index is 404. The van der Waals surface area contributed by atoms with Crippen molar-refractivity contribution in [2.45, 2.75) is 40.2 Å². The highest BCUT2D eigenvalue weighted by Gasteiger charge is 2.13. The molecule has 0 amide bonds. The highest BCUT2D eigenvalue weighted by molar-refractivity contribution is 7.80. The van der Waals surface area contributed by atoms with Crippen LogP contribution in [0.1, 0.15) is 38.4 Å². The van der Waals surface area contributed by atoms with Crippen LogP contribution in [0.15, 0.2) is 12.1 Å². The summed E-state index contributed by atoms with van der Waals surface area (Å²) in [6.07, 6.45) is 1.09. The van der Waals surface area contributed by atoms with Crippen LogP contribution in [0.25, 0.3) is 0 Å². The monoisotopic (exact) mass is 252 g/mol. The standard InChI is InChI=1S/C13H20N2OS/c1-8(2)7-10(4)16-13-11(12(14)17)6-5-9(3)15-13/h5-6,8,10H,7H2,1-4H3,(H2,14,17). The smallest absolute Gasteiger partial charge is 0.224 e. The molecule has 0 aliphatic rings. The number of hydrogen-bond donors (Lipinski definition) is 1. The Balaban J connectivity index is 2.88. The van der Waals surface area contributed by atoms with Crippen LogP contribution >= 0.6 is 12.2 Å². The van der Waals surface area contributed by atoms with Crippen molar-refractivity contribution >= 4 is 17.2 Å². The van der Waals surface area contributed by atoms with Gasteiger partial charge in [-0.1, -0.05) is 26.1 Å². The molecule has 2 N–H and O–H groups in total. The van der Waals surface area contributed by atoms with Gasteiger partial charge in [0.2, 0.25) is 5.88 Å². The van der Waals surface area contributed by atoms with Crippen LogP contribution in [0.5, 0.6) is 5.88 Å². The Kier molecular flexibility index (Phi) is 4.87. The summed E-state index contributed by atoms with van der Waals surface area (Å²) >= 11 is 4.99. The lowest BCUT2D eigenvalue weighted by Crippen LogP contribution is -2.19. The summed E-state index contributed by atoms with van der Waals surface area (Å²) in [5, 5.41) is 0. The molecule has 1 aromatic rings. The lowest BCUT2D eigenvalue weighted by Gasteiger charge is -2.18. The maximum absolute atomic E-state index is 5.82. The molecule has 1 rings (SSSR count). The SMILES string of the molecule is Cc1ccc(C(N)=S)c(OC(C)CC(C)C)n1. The number of hydrogen-bond acceptors (Lipinski definition) is 3. The third kappa shape index (κ3) is 4.30. The van der Waals surface area contributed by atoms with Crippen LogP contribution in [-0.4, -0.2) is 16.1 Å². The summed E-state index contributed by atoms with van der Waals surface area (Å²) in [6.45, 7) is 8.28. The largest absolute Gasteiger partial charge is 0.474 e. The summed E-state index contributed by atoms with van der Waals surface area (Å²) in [5.41, 5.74) is 7.26. The van der Waals surface area contributed by atoms with E-state index < -0.39 is 0 Å². The fourth-order valence-electron chi connectivity index (χ4n) is 1.71. The van der Waals surface area contributed by atoms with Crippen LogP contribution in [0.2, 0.25) is 0 Å². The highest BCUT2D eigenvalue weighted by atomic mass is 32.1. The van der Waals surface area contributed by atoms with E-state index in [2.05, 4.69) is 18.8 Å². The zero-order chi connectivity index (χ0) is 13.0. The second-order valence-corrected chi connectivity index (χ2v) is 5.17. The number of rotatable bonds is 5. The molecular formula is C13H20N2OS. The third-order valence-electron chi connectivity index (χ3n) is 2.38. The summed E-state index contributed by atoms with van der Waals surface area (Å²) < 4.78 is 5.82. The van der Waals surface area contributed by atoms with Crippen LogP contribution in [-0.2, 0) is 0 Å². The van der Waals surface area contributed by atoms with Crippen molar-refractivity contribution in [3.05, 3.63) is 23.4 Å². The van der Waals surface area contributed by atoms with Gasteiger partial charge < -0.3 is 10.5 Å². The van der Waals surface area contributed by atoms with Gasteiger partial charge in [0.05, 0.1) is 11.7 Å². The van der Waals surface area contributed by atoms with Crippen LogP contribution in [0.4, 0.5) is 0 Å². The topological polar surface area (TPSA) is 48.1 Å². The summed E-state index contributed by atoms with van der Waals surface area (Å²) in [4.78, 5) is 4.68. The minimum Gasteiger partial charge on any atom is -0.474 e.